The van der Waals surface area contributed by atoms with E-state index < -0.39 is 4.92 Å². The van der Waals surface area contributed by atoms with Gasteiger partial charge in [-0.05, 0) is 24.1 Å². The maximum Gasteiger partial charge on any atom is 0.296 e. The van der Waals surface area contributed by atoms with Gasteiger partial charge in [-0.1, -0.05) is 48.0 Å². The normalized spacial score (nSPS) is 11.1. The zero-order valence-corrected chi connectivity index (χ0v) is 16.8. The Morgan fingerprint density at radius 2 is 1.90 bits per heavy atom. The number of benzene rings is 2. The van der Waals surface area contributed by atoms with Gasteiger partial charge in [-0.25, -0.2) is 4.68 Å². The largest absolute Gasteiger partial charge is 0.296 e. The lowest BCUT2D eigenvalue weighted by atomic mass is 10.1. The standard InChI is InChI=1S/C20H17ClN6O3/c1-2-10-25-19-18(17(23-25)14-4-3-5-16(11-14)27(29)30)22-24-26(20(19)28)12-13-6-8-15(21)9-7-13/h3-9,11H,2,10,12H2,1H3. The first-order valence-corrected chi connectivity index (χ1v) is 9.69. The minimum atomic E-state index is -0.473. The molecule has 0 atom stereocenters. The second-order valence-corrected chi connectivity index (χ2v) is 7.19. The van der Waals surface area contributed by atoms with Crippen LogP contribution in [0.4, 0.5) is 5.69 Å². The summed E-state index contributed by atoms with van der Waals surface area (Å²) in [5, 5.41) is 24.6. The molecule has 2 aromatic carbocycles. The van der Waals surface area contributed by atoms with Crippen LogP contribution in [0.2, 0.25) is 5.02 Å². The quantitative estimate of drug-likeness (QED) is 0.345. The van der Waals surface area contributed by atoms with Crippen LogP contribution < -0.4 is 5.56 Å². The zero-order valence-electron chi connectivity index (χ0n) is 16.0. The number of nitro groups is 1. The van der Waals surface area contributed by atoms with Crippen molar-refractivity contribution in [3.8, 4) is 11.3 Å². The van der Waals surface area contributed by atoms with E-state index in [4.69, 9.17) is 11.6 Å². The number of nitrogens with zero attached hydrogens (tertiary/aromatic N) is 6. The van der Waals surface area contributed by atoms with E-state index in [9.17, 15) is 14.9 Å². The fraction of sp³-hybridized carbons (Fsp3) is 0.200. The Hall–Kier alpha value is -3.59. The van der Waals surface area contributed by atoms with Crippen LogP contribution in [0.5, 0.6) is 0 Å². The Morgan fingerprint density at radius 3 is 2.60 bits per heavy atom. The molecule has 0 aliphatic carbocycles. The fourth-order valence-corrected chi connectivity index (χ4v) is 3.35. The third kappa shape index (κ3) is 3.67. The SMILES string of the molecule is CCCn1nc(-c2cccc([N+](=O)[O-])c2)c2nnn(Cc3ccc(Cl)cc3)c(=O)c21. The highest BCUT2D eigenvalue weighted by molar-refractivity contribution is 6.30. The van der Waals surface area contributed by atoms with E-state index in [1.54, 1.807) is 28.9 Å². The number of fused-ring (bicyclic) bond motifs is 1. The van der Waals surface area contributed by atoms with Gasteiger partial charge in [0.05, 0.1) is 11.5 Å². The molecule has 0 amide bonds. The van der Waals surface area contributed by atoms with E-state index in [2.05, 4.69) is 15.4 Å². The summed E-state index contributed by atoms with van der Waals surface area (Å²) in [5.74, 6) is 0. The van der Waals surface area contributed by atoms with Gasteiger partial charge in [-0.2, -0.15) is 5.10 Å². The third-order valence-electron chi connectivity index (χ3n) is 4.63. The van der Waals surface area contributed by atoms with Gasteiger partial charge in [0, 0.05) is 29.3 Å². The maximum absolute atomic E-state index is 13.2. The summed E-state index contributed by atoms with van der Waals surface area (Å²) in [7, 11) is 0. The summed E-state index contributed by atoms with van der Waals surface area (Å²) in [6.07, 6.45) is 0.754. The lowest BCUT2D eigenvalue weighted by Gasteiger charge is -2.05. The maximum atomic E-state index is 13.2. The highest BCUT2D eigenvalue weighted by Gasteiger charge is 2.20. The number of aromatic nitrogens is 5. The molecule has 0 bridgehead atoms. The first kappa shape index (κ1) is 19.7. The van der Waals surface area contributed by atoms with Crippen molar-refractivity contribution in [3.05, 3.63) is 79.6 Å². The molecule has 4 aromatic rings. The molecule has 0 aliphatic heterocycles. The molecule has 10 heteroatoms. The van der Waals surface area contributed by atoms with Gasteiger partial charge in [-0.3, -0.25) is 19.6 Å². The van der Waals surface area contributed by atoms with Crippen molar-refractivity contribution in [1.82, 2.24) is 24.8 Å². The number of aryl methyl sites for hydroxylation is 1. The lowest BCUT2D eigenvalue weighted by molar-refractivity contribution is -0.384. The highest BCUT2D eigenvalue weighted by atomic mass is 35.5. The topological polar surface area (TPSA) is 109 Å². The number of hydrogen-bond acceptors (Lipinski definition) is 6. The average molecular weight is 425 g/mol. The van der Waals surface area contributed by atoms with Crippen molar-refractivity contribution in [2.45, 2.75) is 26.4 Å². The van der Waals surface area contributed by atoms with Gasteiger partial charge in [0.15, 0.2) is 5.52 Å². The smallest absolute Gasteiger partial charge is 0.265 e. The van der Waals surface area contributed by atoms with E-state index in [0.717, 1.165) is 12.0 Å². The number of hydrogen-bond donors (Lipinski definition) is 0. The summed E-state index contributed by atoms with van der Waals surface area (Å²) >= 11 is 5.92. The minimum Gasteiger partial charge on any atom is -0.265 e. The molecule has 4 rings (SSSR count). The minimum absolute atomic E-state index is 0.0604. The predicted molar refractivity (Wildman–Crippen MR) is 113 cm³/mol. The molecule has 0 saturated carbocycles. The molecule has 0 saturated heterocycles. The van der Waals surface area contributed by atoms with Crippen molar-refractivity contribution in [1.29, 1.82) is 0 Å². The monoisotopic (exact) mass is 424 g/mol. The number of rotatable bonds is 6. The van der Waals surface area contributed by atoms with Gasteiger partial charge in [-0.15, -0.1) is 5.10 Å². The van der Waals surface area contributed by atoms with Gasteiger partial charge in [0.25, 0.3) is 11.2 Å². The van der Waals surface area contributed by atoms with Gasteiger partial charge in [0.2, 0.25) is 0 Å². The highest BCUT2D eigenvalue weighted by Crippen LogP contribution is 2.27. The van der Waals surface area contributed by atoms with E-state index in [0.29, 0.717) is 33.9 Å². The molecule has 2 heterocycles. The van der Waals surface area contributed by atoms with Crippen LogP contribution >= 0.6 is 11.6 Å². The Kier molecular flexibility index (Phi) is 5.28. The summed E-state index contributed by atoms with van der Waals surface area (Å²) in [5.41, 5.74) is 2.01. The van der Waals surface area contributed by atoms with Crippen LogP contribution in [0.3, 0.4) is 0 Å². The molecule has 0 N–H and O–H groups in total. The van der Waals surface area contributed by atoms with E-state index in [-0.39, 0.29) is 17.8 Å². The lowest BCUT2D eigenvalue weighted by Crippen LogP contribution is -2.26. The van der Waals surface area contributed by atoms with Crippen molar-refractivity contribution in [2.75, 3.05) is 0 Å². The average Bonchev–Trinajstić information content (AvgIpc) is 3.11. The molecule has 30 heavy (non-hydrogen) atoms. The van der Waals surface area contributed by atoms with Crippen molar-refractivity contribution >= 4 is 28.3 Å². The van der Waals surface area contributed by atoms with E-state index >= 15 is 0 Å². The first-order valence-electron chi connectivity index (χ1n) is 9.31. The van der Waals surface area contributed by atoms with Crippen LogP contribution in [0.15, 0.2) is 53.3 Å². The van der Waals surface area contributed by atoms with Crippen molar-refractivity contribution in [2.24, 2.45) is 0 Å². The van der Waals surface area contributed by atoms with E-state index in [1.807, 2.05) is 19.1 Å². The number of nitro benzene ring substituents is 1. The summed E-state index contributed by atoms with van der Waals surface area (Å²) < 4.78 is 2.87. The molecule has 0 unspecified atom stereocenters. The van der Waals surface area contributed by atoms with E-state index in [1.165, 1.54) is 16.8 Å². The molecule has 9 nitrogen and oxygen atoms in total. The Labute approximate surface area is 175 Å². The molecule has 0 aliphatic rings. The molecule has 0 fully saturated rings. The van der Waals surface area contributed by atoms with Gasteiger partial charge < -0.3 is 0 Å². The summed E-state index contributed by atoms with van der Waals surface area (Å²) in [6.45, 7) is 2.72. The molecule has 0 radical (unpaired) electrons. The Balaban J connectivity index is 1.85. The van der Waals surface area contributed by atoms with Crippen molar-refractivity contribution < 1.29 is 4.92 Å². The van der Waals surface area contributed by atoms with Crippen LogP contribution in [0, 0.1) is 10.1 Å². The van der Waals surface area contributed by atoms with Gasteiger partial charge in [0.1, 0.15) is 11.2 Å². The zero-order chi connectivity index (χ0) is 21.3. The molecular formula is C20H17ClN6O3. The molecular weight excluding hydrogens is 408 g/mol. The molecule has 2 aromatic heterocycles. The van der Waals surface area contributed by atoms with Gasteiger partial charge >= 0.3 is 0 Å². The van der Waals surface area contributed by atoms with Crippen LogP contribution in [-0.4, -0.2) is 29.7 Å². The fourth-order valence-electron chi connectivity index (χ4n) is 3.22. The first-order chi connectivity index (χ1) is 14.5. The second-order valence-electron chi connectivity index (χ2n) is 6.76. The molecule has 0 spiro atoms. The Morgan fingerprint density at radius 1 is 1.13 bits per heavy atom. The number of halogens is 1. The van der Waals surface area contributed by atoms with Crippen molar-refractivity contribution in [3.63, 3.8) is 0 Å². The molecule has 152 valence electrons. The predicted octanol–water partition coefficient (Wildman–Crippen LogP) is 3.67. The number of non-ortho nitro benzene ring substituents is 1. The van der Waals surface area contributed by atoms with Crippen LogP contribution in [0.25, 0.3) is 22.3 Å². The van der Waals surface area contributed by atoms with Crippen LogP contribution in [0.1, 0.15) is 18.9 Å². The second kappa shape index (κ2) is 8.03. The van der Waals surface area contributed by atoms with Crippen LogP contribution in [-0.2, 0) is 13.1 Å². The third-order valence-corrected chi connectivity index (χ3v) is 4.88. The summed E-state index contributed by atoms with van der Waals surface area (Å²) in [6, 6.07) is 13.2. The summed E-state index contributed by atoms with van der Waals surface area (Å²) in [4.78, 5) is 23.8. The Bertz CT molecular complexity index is 1300.